The van der Waals surface area contributed by atoms with E-state index in [-0.39, 0.29) is 21.3 Å². The lowest BCUT2D eigenvalue weighted by molar-refractivity contribution is 0.359. The number of sulfonamides is 1. The molecule has 152 valence electrons. The van der Waals surface area contributed by atoms with Crippen LogP contribution in [0.2, 0.25) is 0 Å². The molecule has 9 heteroatoms. The summed E-state index contributed by atoms with van der Waals surface area (Å²) in [7, 11) is -6.29. The van der Waals surface area contributed by atoms with Crippen LogP contribution < -0.4 is 9.46 Å². The molecule has 1 aliphatic rings. The second-order valence-electron chi connectivity index (χ2n) is 6.65. The molecule has 2 aromatic carbocycles. The predicted octanol–water partition coefficient (Wildman–Crippen LogP) is 2.37. The van der Waals surface area contributed by atoms with E-state index in [0.717, 1.165) is 25.9 Å². The summed E-state index contributed by atoms with van der Waals surface area (Å²) < 4.78 is 58.8. The summed E-state index contributed by atoms with van der Waals surface area (Å²) >= 11 is 0. The number of para-hydroxylation sites is 1. The number of methoxy groups -OCH3 is 1. The Morgan fingerprint density at radius 2 is 1.68 bits per heavy atom. The molecule has 28 heavy (non-hydrogen) atoms. The summed E-state index contributed by atoms with van der Waals surface area (Å²) in [6, 6.07) is 12.3. The molecular weight excluding hydrogens is 400 g/mol. The largest absolute Gasteiger partial charge is 0.495 e. The van der Waals surface area contributed by atoms with E-state index >= 15 is 0 Å². The highest BCUT2D eigenvalue weighted by atomic mass is 32.2. The molecule has 1 fully saturated rings. The summed E-state index contributed by atoms with van der Waals surface area (Å²) in [6.07, 6.45) is 2.16. The highest BCUT2D eigenvalue weighted by Crippen LogP contribution is 2.29. The zero-order chi connectivity index (χ0) is 20.2. The maximum absolute atomic E-state index is 12.8. The predicted molar refractivity (Wildman–Crippen MR) is 108 cm³/mol. The van der Waals surface area contributed by atoms with Gasteiger partial charge in [-0.2, -0.15) is 0 Å². The molecular formula is C19H24N2O5S2. The van der Waals surface area contributed by atoms with Crippen molar-refractivity contribution in [3.63, 3.8) is 0 Å². The van der Waals surface area contributed by atoms with Gasteiger partial charge >= 0.3 is 0 Å². The van der Waals surface area contributed by atoms with E-state index in [4.69, 9.17) is 4.74 Å². The Labute approximate surface area is 166 Å². The van der Waals surface area contributed by atoms with Gasteiger partial charge in [0.05, 0.1) is 17.8 Å². The molecule has 0 amide bonds. The minimum absolute atomic E-state index is 0.0269. The minimum Gasteiger partial charge on any atom is -0.495 e. The van der Waals surface area contributed by atoms with Crippen LogP contribution in [0, 0.1) is 0 Å². The van der Waals surface area contributed by atoms with Crippen LogP contribution in [-0.4, -0.2) is 54.2 Å². The maximum Gasteiger partial charge on any atom is 0.265 e. The van der Waals surface area contributed by atoms with Crippen molar-refractivity contribution in [2.75, 3.05) is 37.2 Å². The Hall–Kier alpha value is -2.10. The molecule has 7 nitrogen and oxygen atoms in total. The van der Waals surface area contributed by atoms with Gasteiger partial charge in [0.25, 0.3) is 10.0 Å². The monoisotopic (exact) mass is 424 g/mol. The number of rotatable bonds is 8. The normalized spacial score (nSPS) is 15.5. The van der Waals surface area contributed by atoms with E-state index < -0.39 is 19.9 Å². The summed E-state index contributed by atoms with van der Waals surface area (Å²) in [5, 5.41) is 0. The van der Waals surface area contributed by atoms with Gasteiger partial charge in [-0.15, -0.1) is 0 Å². The average Bonchev–Trinajstić information content (AvgIpc) is 3.20. The molecule has 2 aromatic rings. The summed E-state index contributed by atoms with van der Waals surface area (Å²) in [5.41, 5.74) is 0.381. The van der Waals surface area contributed by atoms with Crippen molar-refractivity contribution >= 4 is 25.5 Å². The Kier molecular flexibility index (Phi) is 6.26. The van der Waals surface area contributed by atoms with Gasteiger partial charge in [0.2, 0.25) is 0 Å². The van der Waals surface area contributed by atoms with Crippen molar-refractivity contribution in [2.24, 2.45) is 0 Å². The highest BCUT2D eigenvalue weighted by Gasteiger charge is 2.25. The first-order chi connectivity index (χ1) is 13.3. The van der Waals surface area contributed by atoms with Crippen LogP contribution in [0.25, 0.3) is 0 Å². The van der Waals surface area contributed by atoms with Crippen molar-refractivity contribution in [1.82, 2.24) is 4.90 Å². The number of hydrogen-bond acceptors (Lipinski definition) is 6. The van der Waals surface area contributed by atoms with Gasteiger partial charge in [0.1, 0.15) is 10.6 Å². The molecule has 3 rings (SSSR count). The summed E-state index contributed by atoms with van der Waals surface area (Å²) in [5.74, 6) is 0.0345. The summed E-state index contributed by atoms with van der Waals surface area (Å²) in [4.78, 5) is 1.87. The van der Waals surface area contributed by atoms with E-state index in [2.05, 4.69) is 9.62 Å². The van der Waals surface area contributed by atoms with Gasteiger partial charge in [0.15, 0.2) is 9.84 Å². The van der Waals surface area contributed by atoms with Crippen LogP contribution >= 0.6 is 0 Å². The molecule has 0 aliphatic carbocycles. The second-order valence-corrected chi connectivity index (χ2v) is 10.4. The third-order valence-electron chi connectivity index (χ3n) is 4.68. The zero-order valence-electron chi connectivity index (χ0n) is 15.7. The molecule has 0 spiro atoms. The lowest BCUT2D eigenvalue weighted by Crippen LogP contribution is -2.26. The Balaban J connectivity index is 1.88. The Bertz CT molecular complexity index is 1020. The first kappa shape index (κ1) is 20.6. The van der Waals surface area contributed by atoms with Crippen LogP contribution in [0.1, 0.15) is 12.8 Å². The molecule has 0 radical (unpaired) electrons. The third-order valence-corrected chi connectivity index (χ3v) is 7.78. The first-order valence-corrected chi connectivity index (χ1v) is 12.2. The van der Waals surface area contributed by atoms with E-state index in [9.17, 15) is 16.8 Å². The quantitative estimate of drug-likeness (QED) is 0.699. The van der Waals surface area contributed by atoms with Crippen molar-refractivity contribution in [2.45, 2.75) is 22.6 Å². The van der Waals surface area contributed by atoms with Gasteiger partial charge in [-0.05, 0) is 56.3 Å². The smallest absolute Gasteiger partial charge is 0.265 e. The molecule has 1 heterocycles. The van der Waals surface area contributed by atoms with Gasteiger partial charge in [0, 0.05) is 12.2 Å². The number of nitrogens with one attached hydrogen (secondary N) is 1. The molecule has 0 saturated carbocycles. The van der Waals surface area contributed by atoms with Crippen molar-refractivity contribution in [3.05, 3.63) is 48.5 Å². The molecule has 0 aromatic heterocycles. The topological polar surface area (TPSA) is 92.8 Å². The number of nitrogens with zero attached hydrogens (tertiary/aromatic N) is 1. The van der Waals surface area contributed by atoms with Gasteiger partial charge in [-0.1, -0.05) is 18.2 Å². The van der Waals surface area contributed by atoms with Crippen LogP contribution in [0.4, 0.5) is 5.69 Å². The van der Waals surface area contributed by atoms with Gasteiger partial charge in [-0.3, -0.25) is 4.72 Å². The Morgan fingerprint density at radius 3 is 2.32 bits per heavy atom. The van der Waals surface area contributed by atoms with Crippen molar-refractivity contribution in [3.8, 4) is 5.75 Å². The standard InChI is InChI=1S/C19H24N2O5S2/c1-26-18-10-9-17(27(22,23)14-13-21-11-5-6-12-21)15-19(18)28(24,25)20-16-7-3-2-4-8-16/h2-4,7-10,15,20H,5-6,11-14H2,1H3. The van der Waals surface area contributed by atoms with Crippen molar-refractivity contribution < 1.29 is 21.6 Å². The number of anilines is 1. The van der Waals surface area contributed by atoms with E-state index in [1.165, 1.54) is 25.3 Å². The molecule has 1 saturated heterocycles. The number of sulfone groups is 1. The van der Waals surface area contributed by atoms with Gasteiger partial charge < -0.3 is 9.64 Å². The molecule has 0 bridgehead atoms. The molecule has 1 aliphatic heterocycles. The van der Waals surface area contributed by atoms with Crippen molar-refractivity contribution in [1.29, 1.82) is 0 Å². The number of ether oxygens (including phenoxy) is 1. The average molecular weight is 425 g/mol. The fraction of sp³-hybridized carbons (Fsp3) is 0.368. The highest BCUT2D eigenvalue weighted by molar-refractivity contribution is 7.93. The fourth-order valence-electron chi connectivity index (χ4n) is 3.15. The van der Waals surface area contributed by atoms with E-state index in [1.54, 1.807) is 30.3 Å². The maximum atomic E-state index is 12.8. The van der Waals surface area contributed by atoms with Gasteiger partial charge in [-0.25, -0.2) is 16.8 Å². The molecule has 1 N–H and O–H groups in total. The second kappa shape index (κ2) is 8.50. The number of benzene rings is 2. The lowest BCUT2D eigenvalue weighted by atomic mass is 10.3. The fourth-order valence-corrected chi connectivity index (χ4v) is 5.79. The summed E-state index contributed by atoms with van der Waals surface area (Å²) in [6.45, 7) is 2.25. The number of likely N-dealkylation sites (tertiary alicyclic amines) is 1. The SMILES string of the molecule is COc1ccc(S(=O)(=O)CCN2CCCC2)cc1S(=O)(=O)Nc1ccccc1. The lowest BCUT2D eigenvalue weighted by Gasteiger charge is -2.16. The Morgan fingerprint density at radius 1 is 1.00 bits per heavy atom. The minimum atomic E-state index is -4.02. The molecule has 0 unspecified atom stereocenters. The van der Waals surface area contributed by atoms with E-state index in [1.807, 2.05) is 0 Å². The number of hydrogen-bond donors (Lipinski definition) is 1. The zero-order valence-corrected chi connectivity index (χ0v) is 17.3. The van der Waals surface area contributed by atoms with Crippen LogP contribution in [0.15, 0.2) is 58.3 Å². The third kappa shape index (κ3) is 4.84. The van der Waals surface area contributed by atoms with E-state index in [0.29, 0.717) is 12.2 Å². The van der Waals surface area contributed by atoms with Crippen LogP contribution in [0.5, 0.6) is 5.75 Å². The molecule has 0 atom stereocenters. The van der Waals surface area contributed by atoms with Crippen LogP contribution in [0.3, 0.4) is 0 Å². The van der Waals surface area contributed by atoms with Crippen LogP contribution in [-0.2, 0) is 19.9 Å². The first-order valence-electron chi connectivity index (χ1n) is 9.03.